The van der Waals surface area contributed by atoms with Crippen molar-refractivity contribution in [1.29, 1.82) is 0 Å². The number of aryl methyl sites for hydroxylation is 1. The maximum Gasteiger partial charge on any atom is 0.331 e. The summed E-state index contributed by atoms with van der Waals surface area (Å²) in [5.74, 6) is 1.87. The van der Waals surface area contributed by atoms with E-state index >= 15 is 0 Å². The van der Waals surface area contributed by atoms with Crippen LogP contribution in [0, 0.1) is 6.92 Å². The zero-order valence-electron chi connectivity index (χ0n) is 19.3. The Morgan fingerprint density at radius 1 is 1.09 bits per heavy atom. The molecule has 2 aromatic carbocycles. The van der Waals surface area contributed by atoms with Crippen LogP contribution >= 0.6 is 0 Å². The lowest BCUT2D eigenvalue weighted by molar-refractivity contribution is 0.0948. The van der Waals surface area contributed by atoms with Crippen molar-refractivity contribution in [3.8, 4) is 17.2 Å². The summed E-state index contributed by atoms with van der Waals surface area (Å²) < 4.78 is 20.0. The van der Waals surface area contributed by atoms with Gasteiger partial charge < -0.3 is 13.9 Å². The summed E-state index contributed by atoms with van der Waals surface area (Å²) in [5, 5.41) is 0.494. The first-order chi connectivity index (χ1) is 16.5. The minimum Gasteiger partial charge on any atom is -0.494 e. The summed E-state index contributed by atoms with van der Waals surface area (Å²) in [7, 11) is 0. The summed E-state index contributed by atoms with van der Waals surface area (Å²) >= 11 is 0. The van der Waals surface area contributed by atoms with E-state index in [9.17, 15) is 9.59 Å². The zero-order valence-corrected chi connectivity index (χ0v) is 19.3. The number of aromatic nitrogens is 3. The van der Waals surface area contributed by atoms with Crippen molar-refractivity contribution in [2.24, 2.45) is 0 Å². The monoisotopic (exact) mass is 461 g/mol. The SMILES string of the molecule is CCOc1ccc(-c2nc(Cn3c(=O)n(CC4CCCO4)c(=O)c4ccccc43)c(C)o2)cc1. The Labute approximate surface area is 196 Å². The highest BCUT2D eigenvalue weighted by Crippen LogP contribution is 2.25. The van der Waals surface area contributed by atoms with Gasteiger partial charge in [-0.2, -0.15) is 0 Å². The lowest BCUT2D eigenvalue weighted by Crippen LogP contribution is -2.42. The van der Waals surface area contributed by atoms with Crippen LogP contribution in [0.15, 0.2) is 62.5 Å². The molecule has 0 saturated carbocycles. The molecule has 1 aliphatic rings. The number of fused-ring (bicyclic) bond motifs is 1. The number of ether oxygens (including phenoxy) is 2. The van der Waals surface area contributed by atoms with Crippen molar-refractivity contribution >= 4 is 10.9 Å². The molecular weight excluding hydrogens is 434 g/mol. The summed E-state index contributed by atoms with van der Waals surface area (Å²) in [4.78, 5) is 31.3. The van der Waals surface area contributed by atoms with Gasteiger partial charge in [-0.1, -0.05) is 12.1 Å². The molecule has 0 amide bonds. The van der Waals surface area contributed by atoms with Crippen LogP contribution in [0.2, 0.25) is 0 Å². The van der Waals surface area contributed by atoms with E-state index in [2.05, 4.69) is 4.98 Å². The molecule has 3 heterocycles. The van der Waals surface area contributed by atoms with Crippen LogP contribution in [-0.4, -0.2) is 33.4 Å². The molecular formula is C26H27N3O5. The number of oxazole rings is 1. The summed E-state index contributed by atoms with van der Waals surface area (Å²) in [6, 6.07) is 14.7. The second kappa shape index (κ2) is 9.30. The Balaban J connectivity index is 1.54. The van der Waals surface area contributed by atoms with Crippen molar-refractivity contribution in [3.63, 3.8) is 0 Å². The van der Waals surface area contributed by atoms with Gasteiger partial charge >= 0.3 is 5.69 Å². The number of rotatable bonds is 7. The van der Waals surface area contributed by atoms with E-state index in [1.165, 1.54) is 4.57 Å². The number of para-hydroxylation sites is 1. The summed E-state index contributed by atoms with van der Waals surface area (Å²) in [6.45, 7) is 5.46. The molecule has 8 nitrogen and oxygen atoms in total. The van der Waals surface area contributed by atoms with Gasteiger partial charge in [-0.3, -0.25) is 13.9 Å². The molecule has 1 unspecified atom stereocenters. The van der Waals surface area contributed by atoms with E-state index in [1.807, 2.05) is 44.2 Å². The molecule has 0 radical (unpaired) electrons. The Bertz CT molecular complexity index is 1430. The molecule has 5 rings (SSSR count). The molecule has 1 atom stereocenters. The van der Waals surface area contributed by atoms with Crippen molar-refractivity contribution in [1.82, 2.24) is 14.1 Å². The van der Waals surface area contributed by atoms with Crippen molar-refractivity contribution in [2.75, 3.05) is 13.2 Å². The highest BCUT2D eigenvalue weighted by atomic mass is 16.5. The molecule has 4 aromatic rings. The summed E-state index contributed by atoms with van der Waals surface area (Å²) in [5.41, 5.74) is 1.37. The number of hydrogen-bond donors (Lipinski definition) is 0. The Hall–Kier alpha value is -3.65. The smallest absolute Gasteiger partial charge is 0.331 e. The predicted molar refractivity (Wildman–Crippen MR) is 128 cm³/mol. The van der Waals surface area contributed by atoms with E-state index in [4.69, 9.17) is 13.9 Å². The van der Waals surface area contributed by atoms with Crippen molar-refractivity contribution < 1.29 is 13.9 Å². The van der Waals surface area contributed by atoms with Gasteiger partial charge in [0.2, 0.25) is 5.89 Å². The van der Waals surface area contributed by atoms with Crippen LogP contribution in [0.4, 0.5) is 0 Å². The zero-order chi connectivity index (χ0) is 23.7. The normalized spacial score (nSPS) is 15.8. The molecule has 1 saturated heterocycles. The van der Waals surface area contributed by atoms with Gasteiger partial charge in [0.1, 0.15) is 17.2 Å². The standard InChI is InChI=1S/C26H27N3O5/c1-3-32-19-12-10-18(11-13-19)24-27-22(17(2)34-24)16-28-23-9-5-4-8-21(23)25(30)29(26(28)31)15-20-7-6-14-33-20/h4-5,8-13,20H,3,6-7,14-16H2,1-2H3. The molecule has 1 aliphatic heterocycles. The lowest BCUT2D eigenvalue weighted by atomic mass is 10.2. The van der Waals surface area contributed by atoms with E-state index in [1.54, 1.807) is 22.8 Å². The fraction of sp³-hybridized carbons (Fsp3) is 0.346. The number of hydrogen-bond acceptors (Lipinski definition) is 6. The molecule has 1 fully saturated rings. The largest absolute Gasteiger partial charge is 0.494 e. The average molecular weight is 462 g/mol. The first-order valence-corrected chi connectivity index (χ1v) is 11.6. The van der Waals surface area contributed by atoms with Crippen LogP contribution in [0.3, 0.4) is 0 Å². The highest BCUT2D eigenvalue weighted by Gasteiger charge is 2.21. The Kier molecular flexibility index (Phi) is 6.06. The number of benzene rings is 2. The van der Waals surface area contributed by atoms with Gasteiger partial charge in [0.05, 0.1) is 36.7 Å². The second-order valence-electron chi connectivity index (χ2n) is 8.42. The lowest BCUT2D eigenvalue weighted by Gasteiger charge is -2.16. The molecule has 176 valence electrons. The van der Waals surface area contributed by atoms with Gasteiger partial charge in [-0.25, -0.2) is 9.78 Å². The Morgan fingerprint density at radius 2 is 1.88 bits per heavy atom. The fourth-order valence-electron chi connectivity index (χ4n) is 4.39. The minimum atomic E-state index is -0.371. The van der Waals surface area contributed by atoms with Crippen molar-refractivity contribution in [3.05, 3.63) is 80.8 Å². The van der Waals surface area contributed by atoms with E-state index < -0.39 is 0 Å². The molecule has 0 aliphatic carbocycles. The van der Waals surface area contributed by atoms with Gasteiger partial charge in [0, 0.05) is 12.2 Å². The third kappa shape index (κ3) is 4.17. The molecule has 0 N–H and O–H groups in total. The molecule has 0 bridgehead atoms. The minimum absolute atomic E-state index is 0.125. The maximum atomic E-state index is 13.5. The molecule has 8 heteroatoms. The maximum absolute atomic E-state index is 13.5. The van der Waals surface area contributed by atoms with Crippen LogP contribution in [-0.2, 0) is 17.8 Å². The van der Waals surface area contributed by atoms with E-state index in [0.29, 0.717) is 41.5 Å². The first kappa shape index (κ1) is 22.2. The topological polar surface area (TPSA) is 88.5 Å². The predicted octanol–water partition coefficient (Wildman–Crippen LogP) is 3.75. The molecule has 34 heavy (non-hydrogen) atoms. The Morgan fingerprint density at radius 3 is 2.62 bits per heavy atom. The summed E-state index contributed by atoms with van der Waals surface area (Å²) in [6.07, 6.45) is 1.65. The molecule has 2 aromatic heterocycles. The van der Waals surface area contributed by atoms with Crippen LogP contribution in [0.25, 0.3) is 22.4 Å². The van der Waals surface area contributed by atoms with Crippen LogP contribution in [0.5, 0.6) is 5.75 Å². The van der Waals surface area contributed by atoms with Gasteiger partial charge in [0.15, 0.2) is 0 Å². The quantitative estimate of drug-likeness (QED) is 0.417. The van der Waals surface area contributed by atoms with Crippen LogP contribution < -0.4 is 16.0 Å². The van der Waals surface area contributed by atoms with Crippen molar-refractivity contribution in [2.45, 2.75) is 45.9 Å². The van der Waals surface area contributed by atoms with Gasteiger partial charge in [-0.15, -0.1) is 0 Å². The average Bonchev–Trinajstić information content (AvgIpc) is 3.50. The fourth-order valence-corrected chi connectivity index (χ4v) is 4.39. The van der Waals surface area contributed by atoms with Crippen LogP contribution in [0.1, 0.15) is 31.2 Å². The second-order valence-corrected chi connectivity index (χ2v) is 8.42. The van der Waals surface area contributed by atoms with E-state index in [-0.39, 0.29) is 30.4 Å². The van der Waals surface area contributed by atoms with Gasteiger partial charge in [-0.05, 0) is 63.1 Å². The van der Waals surface area contributed by atoms with E-state index in [0.717, 1.165) is 24.2 Å². The third-order valence-corrected chi connectivity index (χ3v) is 6.16. The highest BCUT2D eigenvalue weighted by molar-refractivity contribution is 5.77. The first-order valence-electron chi connectivity index (χ1n) is 11.6. The third-order valence-electron chi connectivity index (χ3n) is 6.16. The van der Waals surface area contributed by atoms with Gasteiger partial charge in [0.25, 0.3) is 5.56 Å². The number of nitrogens with zero attached hydrogens (tertiary/aromatic N) is 3. The molecule has 0 spiro atoms.